The summed E-state index contributed by atoms with van der Waals surface area (Å²) in [7, 11) is 0.308. The fourth-order valence-electron chi connectivity index (χ4n) is 7.23. The van der Waals surface area contributed by atoms with Crippen molar-refractivity contribution >= 4 is 42.5 Å². The predicted octanol–water partition coefficient (Wildman–Crippen LogP) is 8.76. The van der Waals surface area contributed by atoms with E-state index in [0.717, 1.165) is 51.6 Å². The second-order valence-corrected chi connectivity index (χ2v) is 20.5. The van der Waals surface area contributed by atoms with Crippen LogP contribution < -0.4 is 10.6 Å². The van der Waals surface area contributed by atoms with Gasteiger partial charge in [0.25, 0.3) is 0 Å². The number of fused-ring (bicyclic) bond motifs is 6. The Balaban J connectivity index is 0.972. The number of carbonyl (C=O) groups is 2. The molecular weight excluding hydrogens is 643 g/mol. The molecule has 3 fully saturated rings. The third-order valence-corrected chi connectivity index (χ3v) is 15.8. The lowest BCUT2D eigenvalue weighted by molar-refractivity contribution is -0.116. The number of anilines is 2. The molecule has 0 spiro atoms. The van der Waals surface area contributed by atoms with Gasteiger partial charge in [-0.1, -0.05) is 81.4 Å². The molecular formula is C41H49N3O5Si. The van der Waals surface area contributed by atoms with Crippen molar-refractivity contribution in [1.29, 1.82) is 0 Å². The molecule has 9 heteroatoms. The van der Waals surface area contributed by atoms with Crippen molar-refractivity contribution < 1.29 is 23.5 Å². The second-order valence-electron chi connectivity index (χ2n) is 15.7. The van der Waals surface area contributed by atoms with E-state index >= 15 is 0 Å². The van der Waals surface area contributed by atoms with Crippen LogP contribution >= 0.6 is 0 Å². The molecule has 0 aliphatic carbocycles. The number of hydrogen-bond donors (Lipinski definition) is 2. The lowest BCUT2D eigenvalue weighted by Crippen LogP contribution is -2.48. The van der Waals surface area contributed by atoms with Gasteiger partial charge < -0.3 is 19.2 Å². The Morgan fingerprint density at radius 2 is 1.54 bits per heavy atom. The van der Waals surface area contributed by atoms with E-state index in [1.807, 2.05) is 66.7 Å². The Bertz CT molecular complexity index is 1870. The van der Waals surface area contributed by atoms with E-state index in [0.29, 0.717) is 37.2 Å². The Hall–Kier alpha value is -4.02. The first kappa shape index (κ1) is 34.4. The Labute approximate surface area is 296 Å². The van der Waals surface area contributed by atoms with Crippen molar-refractivity contribution in [3.05, 3.63) is 96.1 Å². The molecule has 0 aromatic heterocycles. The number of nitrogens with zero attached hydrogens (tertiary/aromatic N) is 1. The van der Waals surface area contributed by atoms with E-state index in [1.165, 1.54) is 0 Å². The molecule has 3 heterocycles. The van der Waals surface area contributed by atoms with Gasteiger partial charge in [-0.3, -0.25) is 15.0 Å². The number of hydrogen-bond acceptors (Lipinski definition) is 6. The third-order valence-electron chi connectivity index (χ3n) is 11.3. The average molecular weight is 692 g/mol. The van der Waals surface area contributed by atoms with Crippen LogP contribution in [-0.2, 0) is 31.7 Å². The number of likely N-dealkylation sites (N-methyl/N-ethyl adjacent to an activating group) is 1. The predicted molar refractivity (Wildman–Crippen MR) is 202 cm³/mol. The van der Waals surface area contributed by atoms with Crippen molar-refractivity contribution in [1.82, 2.24) is 4.90 Å². The Kier molecular flexibility index (Phi) is 9.36. The molecule has 3 aliphatic rings. The molecule has 4 aromatic rings. The summed E-state index contributed by atoms with van der Waals surface area (Å²) in [5, 5.41) is 8.46. The van der Waals surface area contributed by atoms with Gasteiger partial charge in [0.05, 0.1) is 12.3 Å². The molecule has 4 atom stereocenters. The number of aryl methyl sites for hydroxylation is 1. The summed E-state index contributed by atoms with van der Waals surface area (Å²) in [6, 6.07) is 29.0. The summed E-state index contributed by atoms with van der Waals surface area (Å²) in [5.41, 5.74) is 5.44. The molecule has 2 bridgehead atoms. The summed E-state index contributed by atoms with van der Waals surface area (Å²) in [4.78, 5) is 28.7. The van der Waals surface area contributed by atoms with Gasteiger partial charge in [0.2, 0.25) is 5.91 Å². The normalized spacial score (nSPS) is 23.0. The van der Waals surface area contributed by atoms with Crippen molar-refractivity contribution in [3.8, 4) is 11.1 Å². The largest absolute Gasteiger partial charge is 0.446 e. The molecule has 4 aromatic carbocycles. The fraction of sp³-hybridized carbons (Fsp3) is 0.415. The first-order valence-corrected chi connectivity index (χ1v) is 20.8. The van der Waals surface area contributed by atoms with Crippen LogP contribution in [0, 0.1) is 0 Å². The number of piperidine rings is 1. The molecule has 3 aliphatic heterocycles. The topological polar surface area (TPSA) is 92.4 Å². The van der Waals surface area contributed by atoms with Crippen molar-refractivity contribution in [2.24, 2.45) is 0 Å². The SMILES string of the molecule is CN1C2CC(OC(=O)Nc3cc(CCC(=O)Nc4ccc5cc(CO[Si](C)(C)C(C)(C)C)ccc5c4)ccc3-c3ccccc3)CC1C1OC12. The summed E-state index contributed by atoms with van der Waals surface area (Å²) in [5.74, 6) is -0.0660. The number of ether oxygens (including phenoxy) is 2. The van der Waals surface area contributed by atoms with Crippen LogP contribution in [0.1, 0.15) is 51.2 Å². The van der Waals surface area contributed by atoms with E-state index < -0.39 is 14.4 Å². The minimum absolute atomic E-state index is 0.0660. The van der Waals surface area contributed by atoms with Gasteiger partial charge in [0, 0.05) is 42.6 Å². The van der Waals surface area contributed by atoms with Crippen LogP contribution in [0.15, 0.2) is 84.9 Å². The number of carbonyl (C=O) groups excluding carboxylic acids is 2. The molecule has 7 rings (SSSR count). The van der Waals surface area contributed by atoms with Gasteiger partial charge in [-0.15, -0.1) is 0 Å². The lowest BCUT2D eigenvalue weighted by Gasteiger charge is -2.37. The van der Waals surface area contributed by atoms with Gasteiger partial charge in [-0.25, -0.2) is 4.79 Å². The van der Waals surface area contributed by atoms with Gasteiger partial charge in [-0.2, -0.15) is 0 Å². The quantitative estimate of drug-likeness (QED) is 0.128. The minimum Gasteiger partial charge on any atom is -0.446 e. The molecule has 50 heavy (non-hydrogen) atoms. The van der Waals surface area contributed by atoms with E-state index in [-0.39, 0.29) is 29.3 Å². The highest BCUT2D eigenvalue weighted by Crippen LogP contribution is 2.48. The van der Waals surface area contributed by atoms with Crippen LogP contribution in [-0.4, -0.2) is 62.7 Å². The molecule has 262 valence electrons. The number of benzene rings is 4. The molecule has 4 unspecified atom stereocenters. The third kappa shape index (κ3) is 7.37. The summed E-state index contributed by atoms with van der Waals surface area (Å²) in [6.07, 6.45) is 2.38. The van der Waals surface area contributed by atoms with Crippen LogP contribution in [0.4, 0.5) is 16.2 Å². The second kappa shape index (κ2) is 13.6. The average Bonchev–Trinajstić information content (AvgIpc) is 3.85. The standard InChI is InChI=1S/C41H49N3O5Si/c1-41(2,3)50(5,6)47-25-27-12-15-30-22-31(17-16-29(30)20-27)42-37(45)19-14-26-13-18-33(28-10-8-7-9-11-28)34(21-26)43-40(46)48-32-23-35-38-39(49-38)36(24-32)44(35)4/h7-13,15-18,20-22,32,35-36,38-39H,14,19,23-25H2,1-6H3,(H,42,45)(H,43,46). The van der Waals surface area contributed by atoms with Crippen LogP contribution in [0.2, 0.25) is 18.1 Å². The van der Waals surface area contributed by atoms with Crippen molar-refractivity contribution in [2.45, 2.75) is 102 Å². The smallest absolute Gasteiger partial charge is 0.411 e. The summed E-state index contributed by atoms with van der Waals surface area (Å²) in [6.45, 7) is 11.9. The van der Waals surface area contributed by atoms with Crippen molar-refractivity contribution in [2.75, 3.05) is 17.7 Å². The van der Waals surface area contributed by atoms with E-state index in [9.17, 15) is 9.59 Å². The molecule has 2 amide bonds. The zero-order valence-corrected chi connectivity index (χ0v) is 31.0. The van der Waals surface area contributed by atoms with Crippen LogP contribution in [0.3, 0.4) is 0 Å². The zero-order chi connectivity index (χ0) is 35.2. The minimum atomic E-state index is -1.83. The van der Waals surface area contributed by atoms with Crippen LogP contribution in [0.5, 0.6) is 0 Å². The van der Waals surface area contributed by atoms with Gasteiger partial charge >= 0.3 is 6.09 Å². The molecule has 8 nitrogen and oxygen atoms in total. The molecule has 0 saturated carbocycles. The lowest BCUT2D eigenvalue weighted by atomic mass is 9.99. The molecule has 3 saturated heterocycles. The molecule has 0 radical (unpaired) electrons. The van der Waals surface area contributed by atoms with Gasteiger partial charge in [-0.05, 0) is 83.3 Å². The Morgan fingerprint density at radius 3 is 2.26 bits per heavy atom. The number of rotatable bonds is 10. The maximum Gasteiger partial charge on any atom is 0.411 e. The number of morpholine rings is 1. The fourth-order valence-corrected chi connectivity index (χ4v) is 8.19. The first-order chi connectivity index (χ1) is 23.8. The Morgan fingerprint density at radius 1 is 0.860 bits per heavy atom. The van der Waals surface area contributed by atoms with Gasteiger partial charge in [0.15, 0.2) is 8.32 Å². The highest BCUT2D eigenvalue weighted by atomic mass is 28.4. The van der Waals surface area contributed by atoms with Crippen molar-refractivity contribution in [3.63, 3.8) is 0 Å². The monoisotopic (exact) mass is 691 g/mol. The zero-order valence-electron chi connectivity index (χ0n) is 30.0. The number of amides is 2. The van der Waals surface area contributed by atoms with Crippen LogP contribution in [0.25, 0.3) is 21.9 Å². The highest BCUT2D eigenvalue weighted by molar-refractivity contribution is 6.74. The highest BCUT2D eigenvalue weighted by Gasteiger charge is 2.62. The van der Waals surface area contributed by atoms with E-state index in [2.05, 4.69) is 74.6 Å². The maximum absolute atomic E-state index is 13.2. The first-order valence-electron chi connectivity index (χ1n) is 17.8. The maximum atomic E-state index is 13.2. The number of epoxide rings is 1. The van der Waals surface area contributed by atoms with Gasteiger partial charge in [0.1, 0.15) is 18.3 Å². The summed E-state index contributed by atoms with van der Waals surface area (Å²) >= 11 is 0. The van der Waals surface area contributed by atoms with E-state index in [4.69, 9.17) is 13.9 Å². The molecule has 2 N–H and O–H groups in total. The summed E-state index contributed by atoms with van der Waals surface area (Å²) < 4.78 is 18.2. The van der Waals surface area contributed by atoms with E-state index in [1.54, 1.807) is 0 Å². The number of nitrogens with one attached hydrogen (secondary N) is 2.